The van der Waals surface area contributed by atoms with Gasteiger partial charge in [0.05, 0.1) is 5.92 Å². The Bertz CT molecular complexity index is 368. The highest BCUT2D eigenvalue weighted by Gasteiger charge is 2.35. The van der Waals surface area contributed by atoms with Gasteiger partial charge in [-0.15, -0.1) is 0 Å². The Hall–Kier alpha value is -1.26. The van der Waals surface area contributed by atoms with E-state index < -0.39 is 11.9 Å². The molecule has 0 heterocycles. The number of urea groups is 1. The second-order valence-electron chi connectivity index (χ2n) is 6.70. The molecular weight excluding hydrogens is 244 g/mol. The number of carbonyl (C=O) groups excluding carboxylic acids is 1. The molecule has 3 atom stereocenters. The molecule has 2 fully saturated rings. The third-order valence-corrected chi connectivity index (χ3v) is 4.45. The van der Waals surface area contributed by atoms with Gasteiger partial charge in [0.15, 0.2) is 0 Å². The van der Waals surface area contributed by atoms with Gasteiger partial charge < -0.3 is 15.7 Å². The molecule has 0 aromatic carbocycles. The maximum absolute atomic E-state index is 11.9. The van der Waals surface area contributed by atoms with Crippen molar-refractivity contribution in [2.24, 2.45) is 11.3 Å². The molecule has 2 aliphatic rings. The van der Waals surface area contributed by atoms with Gasteiger partial charge in [-0.25, -0.2) is 4.79 Å². The summed E-state index contributed by atoms with van der Waals surface area (Å²) < 4.78 is 0. The van der Waals surface area contributed by atoms with Gasteiger partial charge in [0, 0.05) is 12.1 Å². The van der Waals surface area contributed by atoms with Crippen molar-refractivity contribution in [2.45, 2.75) is 64.5 Å². The van der Waals surface area contributed by atoms with E-state index in [1.54, 1.807) is 0 Å². The SMILES string of the molecule is CC1(C)CCC(NC(=O)NC2CCCC2C(=O)O)C1. The number of hydrogen-bond donors (Lipinski definition) is 3. The molecule has 0 bridgehead atoms. The van der Waals surface area contributed by atoms with Crippen LogP contribution in [0.2, 0.25) is 0 Å². The molecule has 0 saturated heterocycles. The molecule has 2 rings (SSSR count). The zero-order valence-corrected chi connectivity index (χ0v) is 11.7. The summed E-state index contributed by atoms with van der Waals surface area (Å²) in [6.45, 7) is 4.42. The first-order chi connectivity index (χ1) is 8.87. The van der Waals surface area contributed by atoms with Gasteiger partial charge in [0.2, 0.25) is 0 Å². The van der Waals surface area contributed by atoms with E-state index in [1.165, 1.54) is 0 Å². The minimum absolute atomic E-state index is 0.208. The van der Waals surface area contributed by atoms with E-state index in [9.17, 15) is 9.59 Å². The summed E-state index contributed by atoms with van der Waals surface area (Å²) in [4.78, 5) is 23.0. The van der Waals surface area contributed by atoms with Crippen LogP contribution in [-0.2, 0) is 4.79 Å². The topological polar surface area (TPSA) is 78.4 Å². The number of hydrogen-bond acceptors (Lipinski definition) is 2. The number of carbonyl (C=O) groups is 2. The van der Waals surface area contributed by atoms with Crippen LogP contribution in [0.3, 0.4) is 0 Å². The summed E-state index contributed by atoms with van der Waals surface area (Å²) in [6, 6.07) is -0.201. The molecule has 0 aromatic heterocycles. The molecule has 108 valence electrons. The van der Waals surface area contributed by atoms with Crippen LogP contribution in [0.1, 0.15) is 52.4 Å². The molecule has 19 heavy (non-hydrogen) atoms. The predicted octanol–water partition coefficient (Wildman–Crippen LogP) is 2.12. The summed E-state index contributed by atoms with van der Waals surface area (Å²) in [5.74, 6) is -1.23. The van der Waals surface area contributed by atoms with Crippen LogP contribution >= 0.6 is 0 Å². The summed E-state index contributed by atoms with van der Waals surface area (Å²) in [7, 11) is 0. The van der Waals surface area contributed by atoms with Crippen molar-refractivity contribution in [1.29, 1.82) is 0 Å². The normalized spacial score (nSPS) is 33.1. The quantitative estimate of drug-likeness (QED) is 0.733. The van der Waals surface area contributed by atoms with Crippen LogP contribution in [0.4, 0.5) is 4.79 Å². The van der Waals surface area contributed by atoms with Crippen molar-refractivity contribution in [1.82, 2.24) is 10.6 Å². The Balaban J connectivity index is 1.80. The number of amides is 2. The van der Waals surface area contributed by atoms with Gasteiger partial charge in [-0.2, -0.15) is 0 Å². The summed E-state index contributed by atoms with van der Waals surface area (Å²) in [5, 5.41) is 14.9. The smallest absolute Gasteiger partial charge is 0.315 e. The van der Waals surface area contributed by atoms with Crippen LogP contribution in [-0.4, -0.2) is 29.2 Å². The van der Waals surface area contributed by atoms with Crippen LogP contribution in [0, 0.1) is 11.3 Å². The fourth-order valence-electron chi connectivity index (χ4n) is 3.38. The average molecular weight is 268 g/mol. The minimum Gasteiger partial charge on any atom is -0.481 e. The molecule has 3 N–H and O–H groups in total. The second kappa shape index (κ2) is 5.39. The lowest BCUT2D eigenvalue weighted by Crippen LogP contribution is -2.48. The van der Waals surface area contributed by atoms with Gasteiger partial charge >= 0.3 is 12.0 Å². The summed E-state index contributed by atoms with van der Waals surface area (Å²) in [6.07, 6.45) is 5.43. The molecule has 0 radical (unpaired) electrons. The zero-order chi connectivity index (χ0) is 14.0. The molecule has 2 aliphatic carbocycles. The van der Waals surface area contributed by atoms with Gasteiger partial charge in [0.1, 0.15) is 0 Å². The molecular formula is C14H24N2O3. The van der Waals surface area contributed by atoms with Crippen LogP contribution in [0.15, 0.2) is 0 Å². The van der Waals surface area contributed by atoms with E-state index in [-0.39, 0.29) is 18.1 Å². The number of carboxylic acid groups (broad SMARTS) is 1. The lowest BCUT2D eigenvalue weighted by molar-refractivity contribution is -0.142. The first-order valence-corrected chi connectivity index (χ1v) is 7.17. The maximum atomic E-state index is 11.9. The molecule has 5 heteroatoms. The highest BCUT2D eigenvalue weighted by Crippen LogP contribution is 2.36. The van der Waals surface area contributed by atoms with Crippen molar-refractivity contribution in [3.63, 3.8) is 0 Å². The molecule has 3 unspecified atom stereocenters. The van der Waals surface area contributed by atoms with Gasteiger partial charge in [-0.1, -0.05) is 20.3 Å². The minimum atomic E-state index is -0.801. The van der Waals surface area contributed by atoms with Crippen molar-refractivity contribution in [3.05, 3.63) is 0 Å². The summed E-state index contributed by atoms with van der Waals surface area (Å²) >= 11 is 0. The van der Waals surface area contributed by atoms with Crippen molar-refractivity contribution >= 4 is 12.0 Å². The number of carboxylic acids is 1. The predicted molar refractivity (Wildman–Crippen MR) is 71.9 cm³/mol. The largest absolute Gasteiger partial charge is 0.481 e. The number of nitrogens with one attached hydrogen (secondary N) is 2. The van der Waals surface area contributed by atoms with E-state index in [1.807, 2.05) is 0 Å². The molecule has 0 aliphatic heterocycles. The lowest BCUT2D eigenvalue weighted by Gasteiger charge is -2.21. The summed E-state index contributed by atoms with van der Waals surface area (Å²) in [5.41, 5.74) is 0.301. The third kappa shape index (κ3) is 3.61. The van der Waals surface area contributed by atoms with Gasteiger partial charge in [-0.3, -0.25) is 4.79 Å². The fourth-order valence-corrected chi connectivity index (χ4v) is 3.38. The number of rotatable bonds is 3. The second-order valence-corrected chi connectivity index (χ2v) is 6.70. The Morgan fingerprint density at radius 1 is 1.16 bits per heavy atom. The van der Waals surface area contributed by atoms with Crippen molar-refractivity contribution < 1.29 is 14.7 Å². The maximum Gasteiger partial charge on any atom is 0.315 e. The van der Waals surface area contributed by atoms with E-state index in [4.69, 9.17) is 5.11 Å². The van der Waals surface area contributed by atoms with Crippen LogP contribution in [0.5, 0.6) is 0 Å². The Morgan fingerprint density at radius 3 is 2.47 bits per heavy atom. The highest BCUT2D eigenvalue weighted by molar-refractivity contribution is 5.77. The van der Waals surface area contributed by atoms with Crippen LogP contribution < -0.4 is 10.6 Å². The molecule has 0 aromatic rings. The fraction of sp³-hybridized carbons (Fsp3) is 0.857. The third-order valence-electron chi connectivity index (χ3n) is 4.45. The molecule has 0 spiro atoms. The standard InChI is InChI=1S/C14H24N2O3/c1-14(2)7-6-9(8-14)15-13(19)16-11-5-3-4-10(11)12(17)18/h9-11H,3-8H2,1-2H3,(H,17,18)(H2,15,16,19). The monoisotopic (exact) mass is 268 g/mol. The van der Waals surface area contributed by atoms with Crippen LogP contribution in [0.25, 0.3) is 0 Å². The average Bonchev–Trinajstić information content (AvgIpc) is 2.85. The molecule has 2 saturated carbocycles. The van der Waals surface area contributed by atoms with E-state index in [2.05, 4.69) is 24.5 Å². The Labute approximate surface area is 114 Å². The van der Waals surface area contributed by atoms with Gasteiger partial charge in [0.25, 0.3) is 0 Å². The van der Waals surface area contributed by atoms with Crippen molar-refractivity contribution in [3.8, 4) is 0 Å². The van der Waals surface area contributed by atoms with E-state index in [0.717, 1.165) is 32.1 Å². The molecule has 5 nitrogen and oxygen atoms in total. The highest BCUT2D eigenvalue weighted by atomic mass is 16.4. The first kappa shape index (κ1) is 14.2. The van der Waals surface area contributed by atoms with E-state index >= 15 is 0 Å². The Morgan fingerprint density at radius 2 is 1.89 bits per heavy atom. The number of aliphatic carboxylic acids is 1. The lowest BCUT2D eigenvalue weighted by atomic mass is 9.92. The first-order valence-electron chi connectivity index (χ1n) is 7.17. The van der Waals surface area contributed by atoms with Gasteiger partial charge in [-0.05, 0) is 37.5 Å². The van der Waals surface area contributed by atoms with Crippen molar-refractivity contribution in [2.75, 3.05) is 0 Å². The molecule has 2 amide bonds. The van der Waals surface area contributed by atoms with E-state index in [0.29, 0.717) is 11.8 Å². The zero-order valence-electron chi connectivity index (χ0n) is 11.7. The Kier molecular flexibility index (Phi) is 4.02.